The molecule has 2 rings (SSSR count). The van der Waals surface area contributed by atoms with E-state index in [0.717, 1.165) is 6.42 Å². The molecule has 0 bridgehead atoms. The SMILES string of the molecule is CCCOc1ccccc1C=C1C(=O)NC(=O)NC1=O. The maximum atomic E-state index is 11.6. The summed E-state index contributed by atoms with van der Waals surface area (Å²) < 4.78 is 5.54. The second kappa shape index (κ2) is 6.01. The molecule has 1 aliphatic heterocycles. The first-order chi connectivity index (χ1) is 9.61. The van der Waals surface area contributed by atoms with Crippen LogP contribution in [0.5, 0.6) is 5.75 Å². The van der Waals surface area contributed by atoms with E-state index in [9.17, 15) is 14.4 Å². The second-order valence-electron chi connectivity index (χ2n) is 4.18. The summed E-state index contributed by atoms with van der Waals surface area (Å²) >= 11 is 0. The highest BCUT2D eigenvalue weighted by atomic mass is 16.5. The average molecular weight is 274 g/mol. The van der Waals surface area contributed by atoms with Crippen LogP contribution in [0.1, 0.15) is 18.9 Å². The Morgan fingerprint density at radius 1 is 1.10 bits per heavy atom. The van der Waals surface area contributed by atoms with Crippen LogP contribution in [0.25, 0.3) is 6.08 Å². The highest BCUT2D eigenvalue weighted by Crippen LogP contribution is 2.21. The third-order valence-corrected chi connectivity index (χ3v) is 2.62. The molecule has 6 nitrogen and oxygen atoms in total. The molecular weight excluding hydrogens is 260 g/mol. The Morgan fingerprint density at radius 2 is 1.75 bits per heavy atom. The quantitative estimate of drug-likeness (QED) is 0.638. The molecule has 0 radical (unpaired) electrons. The topological polar surface area (TPSA) is 84.5 Å². The summed E-state index contributed by atoms with van der Waals surface area (Å²) in [4.78, 5) is 34.3. The van der Waals surface area contributed by atoms with Gasteiger partial charge in [-0.3, -0.25) is 20.2 Å². The van der Waals surface area contributed by atoms with Gasteiger partial charge in [-0.25, -0.2) is 4.79 Å². The van der Waals surface area contributed by atoms with Crippen molar-refractivity contribution in [3.05, 3.63) is 35.4 Å². The molecule has 1 saturated heterocycles. The lowest BCUT2D eigenvalue weighted by Crippen LogP contribution is -2.51. The number of imide groups is 2. The van der Waals surface area contributed by atoms with Crippen LogP contribution in [-0.2, 0) is 9.59 Å². The van der Waals surface area contributed by atoms with Crippen LogP contribution in [0.4, 0.5) is 4.79 Å². The van der Waals surface area contributed by atoms with Crippen LogP contribution in [0.15, 0.2) is 29.8 Å². The number of benzene rings is 1. The third kappa shape index (κ3) is 3.03. The predicted molar refractivity (Wildman–Crippen MR) is 71.9 cm³/mol. The fraction of sp³-hybridized carbons (Fsp3) is 0.214. The lowest BCUT2D eigenvalue weighted by Gasteiger charge is -2.14. The number of nitrogens with one attached hydrogen (secondary N) is 2. The molecule has 0 unspecified atom stereocenters. The highest BCUT2D eigenvalue weighted by molar-refractivity contribution is 6.31. The summed E-state index contributed by atoms with van der Waals surface area (Å²) in [5.41, 5.74) is 0.479. The number of rotatable bonds is 4. The summed E-state index contributed by atoms with van der Waals surface area (Å²) in [6, 6.07) is 6.25. The van der Waals surface area contributed by atoms with Crippen molar-refractivity contribution in [1.82, 2.24) is 10.6 Å². The molecule has 1 aliphatic rings. The van der Waals surface area contributed by atoms with Crippen molar-refractivity contribution < 1.29 is 19.1 Å². The van der Waals surface area contributed by atoms with E-state index in [0.29, 0.717) is 17.9 Å². The second-order valence-corrected chi connectivity index (χ2v) is 4.18. The molecule has 104 valence electrons. The molecule has 1 fully saturated rings. The molecule has 0 saturated carbocycles. The van der Waals surface area contributed by atoms with Crippen LogP contribution < -0.4 is 15.4 Å². The highest BCUT2D eigenvalue weighted by Gasteiger charge is 2.27. The molecule has 0 aromatic heterocycles. The van der Waals surface area contributed by atoms with Crippen LogP contribution in [0.2, 0.25) is 0 Å². The van der Waals surface area contributed by atoms with E-state index in [1.807, 2.05) is 17.6 Å². The first-order valence-electron chi connectivity index (χ1n) is 6.22. The Kier molecular flexibility index (Phi) is 4.14. The van der Waals surface area contributed by atoms with Crippen molar-refractivity contribution in [1.29, 1.82) is 0 Å². The van der Waals surface area contributed by atoms with Crippen LogP contribution in [-0.4, -0.2) is 24.5 Å². The first-order valence-corrected chi connectivity index (χ1v) is 6.22. The third-order valence-electron chi connectivity index (χ3n) is 2.62. The van der Waals surface area contributed by atoms with E-state index in [2.05, 4.69) is 0 Å². The van der Waals surface area contributed by atoms with Crippen molar-refractivity contribution >= 4 is 23.9 Å². The number of hydrogen-bond donors (Lipinski definition) is 2. The number of para-hydroxylation sites is 1. The molecule has 0 aliphatic carbocycles. The Labute approximate surface area is 115 Å². The number of urea groups is 1. The summed E-state index contributed by atoms with van der Waals surface area (Å²) in [5, 5.41) is 4.05. The standard InChI is InChI=1S/C14H14N2O4/c1-2-7-20-11-6-4-3-5-9(11)8-10-12(17)15-14(19)16-13(10)18/h3-6,8H,2,7H2,1H3,(H2,15,16,17,18,19). The van der Waals surface area contributed by atoms with Gasteiger partial charge in [-0.05, 0) is 18.6 Å². The molecule has 4 amide bonds. The van der Waals surface area contributed by atoms with E-state index in [-0.39, 0.29) is 5.57 Å². The van der Waals surface area contributed by atoms with Gasteiger partial charge >= 0.3 is 6.03 Å². The number of carbonyl (C=O) groups excluding carboxylic acids is 3. The van der Waals surface area contributed by atoms with Gasteiger partial charge in [0.15, 0.2) is 0 Å². The number of hydrogen-bond acceptors (Lipinski definition) is 4. The average Bonchev–Trinajstić information content (AvgIpc) is 2.41. The Balaban J connectivity index is 2.32. The molecule has 0 spiro atoms. The largest absolute Gasteiger partial charge is 0.493 e. The minimum atomic E-state index is -0.812. The maximum Gasteiger partial charge on any atom is 0.328 e. The van der Waals surface area contributed by atoms with E-state index in [1.54, 1.807) is 24.3 Å². The summed E-state index contributed by atoms with van der Waals surface area (Å²) in [6.07, 6.45) is 2.25. The van der Waals surface area contributed by atoms with E-state index >= 15 is 0 Å². The first kappa shape index (κ1) is 13.8. The van der Waals surface area contributed by atoms with Gasteiger partial charge in [0.2, 0.25) is 0 Å². The van der Waals surface area contributed by atoms with Crippen molar-refractivity contribution in [2.75, 3.05) is 6.61 Å². The van der Waals surface area contributed by atoms with Gasteiger partial charge in [0.05, 0.1) is 6.61 Å². The van der Waals surface area contributed by atoms with Crippen molar-refractivity contribution in [2.45, 2.75) is 13.3 Å². The molecular formula is C14H14N2O4. The van der Waals surface area contributed by atoms with Crippen molar-refractivity contribution in [3.8, 4) is 5.75 Å². The Hall–Kier alpha value is -2.63. The monoisotopic (exact) mass is 274 g/mol. The van der Waals surface area contributed by atoms with Gasteiger partial charge in [0.25, 0.3) is 11.8 Å². The summed E-state index contributed by atoms with van der Waals surface area (Å²) in [7, 11) is 0. The fourth-order valence-corrected chi connectivity index (χ4v) is 1.71. The van der Waals surface area contributed by atoms with Crippen LogP contribution in [0, 0.1) is 0 Å². The minimum Gasteiger partial charge on any atom is -0.493 e. The molecule has 1 aromatic carbocycles. The molecule has 1 heterocycles. The lowest BCUT2D eigenvalue weighted by atomic mass is 10.1. The van der Waals surface area contributed by atoms with E-state index in [4.69, 9.17) is 4.74 Å². The predicted octanol–water partition coefficient (Wildman–Crippen LogP) is 1.22. The zero-order chi connectivity index (χ0) is 14.5. The number of barbiturate groups is 1. The molecule has 2 N–H and O–H groups in total. The van der Waals surface area contributed by atoms with Crippen molar-refractivity contribution in [3.63, 3.8) is 0 Å². The Bertz CT molecular complexity index is 571. The van der Waals surface area contributed by atoms with Gasteiger partial charge in [-0.2, -0.15) is 0 Å². The zero-order valence-corrected chi connectivity index (χ0v) is 10.9. The van der Waals surface area contributed by atoms with Gasteiger partial charge in [-0.1, -0.05) is 25.1 Å². The van der Waals surface area contributed by atoms with Gasteiger partial charge in [0, 0.05) is 5.56 Å². The number of carbonyl (C=O) groups is 3. The molecule has 1 aromatic rings. The van der Waals surface area contributed by atoms with Gasteiger partial charge < -0.3 is 4.74 Å². The van der Waals surface area contributed by atoms with Crippen LogP contribution in [0.3, 0.4) is 0 Å². The molecule has 20 heavy (non-hydrogen) atoms. The van der Waals surface area contributed by atoms with E-state index in [1.165, 1.54) is 6.08 Å². The van der Waals surface area contributed by atoms with Crippen LogP contribution >= 0.6 is 0 Å². The normalized spacial score (nSPS) is 14.7. The minimum absolute atomic E-state index is 0.128. The number of amides is 4. The molecule has 0 atom stereocenters. The van der Waals surface area contributed by atoms with Crippen molar-refractivity contribution in [2.24, 2.45) is 0 Å². The molecule has 6 heteroatoms. The smallest absolute Gasteiger partial charge is 0.328 e. The maximum absolute atomic E-state index is 11.6. The summed E-state index contributed by atoms with van der Waals surface area (Å²) in [6.45, 7) is 2.52. The van der Waals surface area contributed by atoms with Gasteiger partial charge in [-0.15, -0.1) is 0 Å². The summed E-state index contributed by atoms with van der Waals surface area (Å²) in [5.74, 6) is -0.854. The van der Waals surface area contributed by atoms with Gasteiger partial charge in [0.1, 0.15) is 11.3 Å². The zero-order valence-electron chi connectivity index (χ0n) is 10.9. The Morgan fingerprint density at radius 3 is 2.40 bits per heavy atom. The number of ether oxygens (including phenoxy) is 1. The fourth-order valence-electron chi connectivity index (χ4n) is 1.71. The van der Waals surface area contributed by atoms with E-state index < -0.39 is 17.8 Å². The lowest BCUT2D eigenvalue weighted by molar-refractivity contribution is -0.123.